The smallest absolute Gasteiger partial charge is 0.292 e. The van der Waals surface area contributed by atoms with E-state index >= 15 is 0 Å². The molecule has 1 heterocycles. The number of nitro benzene ring substituents is 1. The fraction of sp³-hybridized carbons (Fsp3) is 0.250. The van der Waals surface area contributed by atoms with Crippen molar-refractivity contribution in [2.75, 3.05) is 31.6 Å². The van der Waals surface area contributed by atoms with Crippen molar-refractivity contribution in [1.82, 2.24) is 5.32 Å². The van der Waals surface area contributed by atoms with Gasteiger partial charge in [0, 0.05) is 31.7 Å². The van der Waals surface area contributed by atoms with Gasteiger partial charge in [-0.05, 0) is 29.8 Å². The van der Waals surface area contributed by atoms with E-state index in [0.717, 1.165) is 6.42 Å². The van der Waals surface area contributed by atoms with Crippen molar-refractivity contribution in [2.24, 2.45) is 0 Å². The summed E-state index contributed by atoms with van der Waals surface area (Å²) in [5, 5.41) is 17.1. The molecule has 2 N–H and O–H groups in total. The first-order valence-corrected chi connectivity index (χ1v) is 9.45. The summed E-state index contributed by atoms with van der Waals surface area (Å²) >= 11 is 6.24. The van der Waals surface area contributed by atoms with Gasteiger partial charge in [0.25, 0.3) is 5.69 Å². The molecule has 0 aliphatic carbocycles. The number of ether oxygens (including phenoxy) is 2. The number of benzene rings is 2. The fourth-order valence-corrected chi connectivity index (χ4v) is 3.02. The standard InChI is InChI=1S/C20H20ClN3O5/c21-15-12-14(13-18-20(15)29-11-3-10-28-18)6-7-19(25)23-9-8-22-16-4-1-2-5-17(16)24(26)27/h1-2,4-7,12-13,22H,3,8-11H2,(H,23,25)/b7-6+. The van der Waals surface area contributed by atoms with E-state index in [1.807, 2.05) is 0 Å². The molecule has 9 heteroatoms. The summed E-state index contributed by atoms with van der Waals surface area (Å²) in [5.41, 5.74) is 1.11. The van der Waals surface area contributed by atoms with Crippen molar-refractivity contribution in [3.8, 4) is 11.5 Å². The third-order valence-corrected chi connectivity index (χ3v) is 4.37. The molecule has 0 spiro atoms. The SMILES string of the molecule is O=C(/C=C/c1cc(Cl)c2c(c1)OCCCO2)NCCNc1ccccc1[N+](=O)[O-]. The third-order valence-electron chi connectivity index (χ3n) is 4.09. The molecule has 2 aromatic carbocycles. The van der Waals surface area contributed by atoms with Gasteiger partial charge in [-0.15, -0.1) is 0 Å². The number of anilines is 1. The molecule has 3 rings (SSSR count). The zero-order valence-electron chi connectivity index (χ0n) is 15.5. The van der Waals surface area contributed by atoms with Crippen LogP contribution in [0.5, 0.6) is 11.5 Å². The number of nitrogens with zero attached hydrogens (tertiary/aromatic N) is 1. The van der Waals surface area contributed by atoms with Crippen molar-refractivity contribution in [1.29, 1.82) is 0 Å². The number of carbonyl (C=O) groups is 1. The highest BCUT2D eigenvalue weighted by atomic mass is 35.5. The van der Waals surface area contributed by atoms with E-state index in [1.165, 1.54) is 12.1 Å². The van der Waals surface area contributed by atoms with Crippen LogP contribution in [-0.4, -0.2) is 37.1 Å². The molecule has 29 heavy (non-hydrogen) atoms. The molecule has 0 atom stereocenters. The van der Waals surface area contributed by atoms with Gasteiger partial charge < -0.3 is 20.1 Å². The van der Waals surface area contributed by atoms with Crippen LogP contribution in [0, 0.1) is 10.1 Å². The van der Waals surface area contributed by atoms with Crippen LogP contribution in [-0.2, 0) is 4.79 Å². The zero-order valence-corrected chi connectivity index (χ0v) is 16.3. The average Bonchev–Trinajstić information content (AvgIpc) is 2.96. The molecule has 0 saturated carbocycles. The number of hydrogen-bond acceptors (Lipinski definition) is 6. The van der Waals surface area contributed by atoms with Crippen molar-refractivity contribution >= 4 is 35.0 Å². The maximum absolute atomic E-state index is 12.0. The van der Waals surface area contributed by atoms with Crippen LogP contribution in [0.2, 0.25) is 5.02 Å². The van der Waals surface area contributed by atoms with E-state index in [-0.39, 0.29) is 11.6 Å². The van der Waals surface area contributed by atoms with Crippen LogP contribution in [0.4, 0.5) is 11.4 Å². The Kier molecular flexibility index (Phi) is 6.91. The van der Waals surface area contributed by atoms with Gasteiger partial charge >= 0.3 is 0 Å². The Labute approximate surface area is 172 Å². The van der Waals surface area contributed by atoms with Crippen molar-refractivity contribution < 1.29 is 19.2 Å². The predicted octanol–water partition coefficient (Wildman–Crippen LogP) is 3.65. The van der Waals surface area contributed by atoms with Gasteiger partial charge in [-0.2, -0.15) is 0 Å². The number of para-hydroxylation sites is 2. The zero-order chi connectivity index (χ0) is 20.6. The summed E-state index contributed by atoms with van der Waals surface area (Å²) in [5.74, 6) is 0.785. The number of rotatable bonds is 7. The van der Waals surface area contributed by atoms with Gasteiger partial charge in [0.05, 0.1) is 23.2 Å². The minimum Gasteiger partial charge on any atom is -0.489 e. The molecule has 1 aliphatic heterocycles. The molecule has 0 fully saturated rings. The summed E-state index contributed by atoms with van der Waals surface area (Å²) in [7, 11) is 0. The minimum absolute atomic E-state index is 0.00925. The molecule has 1 amide bonds. The van der Waals surface area contributed by atoms with E-state index in [4.69, 9.17) is 21.1 Å². The Morgan fingerprint density at radius 2 is 2.00 bits per heavy atom. The number of halogens is 1. The Bertz CT molecular complexity index is 932. The third kappa shape index (κ3) is 5.61. The Hall–Kier alpha value is -3.26. The molecule has 0 unspecified atom stereocenters. The molecule has 0 saturated heterocycles. The van der Waals surface area contributed by atoms with Crippen molar-refractivity contribution in [2.45, 2.75) is 6.42 Å². The highest BCUT2D eigenvalue weighted by molar-refractivity contribution is 6.32. The number of hydrogen-bond donors (Lipinski definition) is 2. The fourth-order valence-electron chi connectivity index (χ4n) is 2.74. The molecule has 0 aromatic heterocycles. The second-order valence-corrected chi connectivity index (χ2v) is 6.61. The lowest BCUT2D eigenvalue weighted by molar-refractivity contribution is -0.384. The highest BCUT2D eigenvalue weighted by Crippen LogP contribution is 2.38. The summed E-state index contributed by atoms with van der Waals surface area (Å²) in [4.78, 5) is 22.5. The lowest BCUT2D eigenvalue weighted by Gasteiger charge is -2.10. The highest BCUT2D eigenvalue weighted by Gasteiger charge is 2.15. The maximum atomic E-state index is 12.0. The minimum atomic E-state index is -0.454. The Morgan fingerprint density at radius 3 is 2.83 bits per heavy atom. The molecule has 0 radical (unpaired) electrons. The van der Waals surface area contributed by atoms with E-state index in [1.54, 1.807) is 36.4 Å². The monoisotopic (exact) mass is 417 g/mol. The lowest BCUT2D eigenvalue weighted by atomic mass is 10.2. The van der Waals surface area contributed by atoms with Crippen molar-refractivity contribution in [3.63, 3.8) is 0 Å². The number of fused-ring (bicyclic) bond motifs is 1. The van der Waals surface area contributed by atoms with E-state index in [2.05, 4.69) is 10.6 Å². The number of amides is 1. The van der Waals surface area contributed by atoms with Crippen LogP contribution >= 0.6 is 11.6 Å². The van der Waals surface area contributed by atoms with Crippen LogP contribution in [0.15, 0.2) is 42.5 Å². The van der Waals surface area contributed by atoms with Gasteiger partial charge in [0.15, 0.2) is 11.5 Å². The molecule has 1 aliphatic rings. The van der Waals surface area contributed by atoms with Gasteiger partial charge in [-0.25, -0.2) is 0 Å². The van der Waals surface area contributed by atoms with E-state index < -0.39 is 4.92 Å². The van der Waals surface area contributed by atoms with Gasteiger partial charge in [-0.3, -0.25) is 14.9 Å². The van der Waals surface area contributed by atoms with Crippen molar-refractivity contribution in [3.05, 3.63) is 63.2 Å². The summed E-state index contributed by atoms with van der Waals surface area (Å²) in [6.07, 6.45) is 3.80. The predicted molar refractivity (Wildman–Crippen MR) is 111 cm³/mol. The number of carbonyl (C=O) groups excluding carboxylic acids is 1. The van der Waals surface area contributed by atoms with Crippen LogP contribution < -0.4 is 20.1 Å². The summed E-state index contributed by atoms with van der Waals surface area (Å²) in [6.45, 7) is 1.74. The first-order valence-electron chi connectivity index (χ1n) is 9.07. The lowest BCUT2D eigenvalue weighted by Crippen LogP contribution is -2.27. The first-order chi connectivity index (χ1) is 14.0. The Morgan fingerprint density at radius 1 is 1.21 bits per heavy atom. The molecule has 152 valence electrons. The second kappa shape index (κ2) is 9.79. The average molecular weight is 418 g/mol. The molecular weight excluding hydrogens is 398 g/mol. The molecule has 0 bridgehead atoms. The number of nitro groups is 1. The molecule has 2 aromatic rings. The number of nitrogens with one attached hydrogen (secondary N) is 2. The van der Waals surface area contributed by atoms with Gasteiger partial charge in [0.2, 0.25) is 5.91 Å². The van der Waals surface area contributed by atoms with Crippen LogP contribution in [0.3, 0.4) is 0 Å². The van der Waals surface area contributed by atoms with E-state index in [0.29, 0.717) is 54.1 Å². The quantitative estimate of drug-likeness (QED) is 0.308. The van der Waals surface area contributed by atoms with Crippen LogP contribution in [0.25, 0.3) is 6.08 Å². The summed E-state index contributed by atoms with van der Waals surface area (Å²) in [6, 6.07) is 9.82. The van der Waals surface area contributed by atoms with Gasteiger partial charge in [-0.1, -0.05) is 23.7 Å². The molecular formula is C20H20ClN3O5. The maximum Gasteiger partial charge on any atom is 0.292 e. The van der Waals surface area contributed by atoms with Gasteiger partial charge in [0.1, 0.15) is 5.69 Å². The second-order valence-electron chi connectivity index (χ2n) is 6.21. The first kappa shape index (κ1) is 20.5. The topological polar surface area (TPSA) is 103 Å². The molecule has 8 nitrogen and oxygen atoms in total. The van der Waals surface area contributed by atoms with E-state index in [9.17, 15) is 14.9 Å². The largest absolute Gasteiger partial charge is 0.489 e. The Balaban J connectivity index is 1.51. The normalized spacial score (nSPS) is 13.0. The summed E-state index contributed by atoms with van der Waals surface area (Å²) < 4.78 is 11.2. The van der Waals surface area contributed by atoms with Crippen LogP contribution in [0.1, 0.15) is 12.0 Å².